The van der Waals surface area contributed by atoms with E-state index in [1.807, 2.05) is 0 Å². The van der Waals surface area contributed by atoms with Crippen molar-refractivity contribution in [3.8, 4) is 0 Å². The van der Waals surface area contributed by atoms with Crippen molar-refractivity contribution in [1.82, 2.24) is 10.0 Å². The van der Waals surface area contributed by atoms with E-state index in [0.717, 1.165) is 0 Å². The Morgan fingerprint density at radius 1 is 1.43 bits per heavy atom. The smallest absolute Gasteiger partial charge is 0.213 e. The van der Waals surface area contributed by atoms with E-state index in [1.165, 1.54) is 0 Å². The van der Waals surface area contributed by atoms with Crippen LogP contribution in [0.25, 0.3) is 0 Å². The van der Waals surface area contributed by atoms with Gasteiger partial charge >= 0.3 is 0 Å². The molecule has 2 unspecified atom stereocenters. The lowest BCUT2D eigenvalue weighted by molar-refractivity contribution is 0.568. The van der Waals surface area contributed by atoms with Crippen LogP contribution >= 0.6 is 0 Å². The van der Waals surface area contributed by atoms with Gasteiger partial charge in [-0.25, -0.2) is 13.1 Å². The van der Waals surface area contributed by atoms with Crippen LogP contribution in [-0.4, -0.2) is 50.0 Å². The highest BCUT2D eigenvalue weighted by Gasteiger charge is 2.14. The lowest BCUT2D eigenvalue weighted by atomic mass is 10.4. The van der Waals surface area contributed by atoms with Gasteiger partial charge in [0.2, 0.25) is 10.0 Å². The molecule has 0 aromatic heterocycles. The molecule has 0 spiro atoms. The fourth-order valence-corrected chi connectivity index (χ4v) is 3.17. The van der Waals surface area contributed by atoms with Gasteiger partial charge < -0.3 is 5.32 Å². The molecule has 0 radical (unpaired) electrons. The van der Waals surface area contributed by atoms with Crippen LogP contribution in [0.15, 0.2) is 0 Å². The van der Waals surface area contributed by atoms with E-state index >= 15 is 0 Å². The summed E-state index contributed by atoms with van der Waals surface area (Å²) < 4.78 is 35.9. The lowest BCUT2D eigenvalue weighted by Gasteiger charge is -2.12. The molecule has 0 heterocycles. The average molecular weight is 242 g/mol. The number of hydrogen-bond donors (Lipinski definition) is 2. The summed E-state index contributed by atoms with van der Waals surface area (Å²) in [5.41, 5.74) is 0. The first-order valence-corrected chi connectivity index (χ1v) is 7.70. The summed E-state index contributed by atoms with van der Waals surface area (Å²) in [6.45, 7) is 2.12. The lowest BCUT2D eigenvalue weighted by Crippen LogP contribution is -2.39. The van der Waals surface area contributed by atoms with Crippen molar-refractivity contribution >= 4 is 20.8 Å². The van der Waals surface area contributed by atoms with E-state index in [9.17, 15) is 12.6 Å². The number of nitrogens with one attached hydrogen (secondary N) is 2. The third-order valence-electron chi connectivity index (χ3n) is 1.49. The first-order valence-electron chi connectivity index (χ1n) is 4.32. The molecule has 86 valence electrons. The maximum absolute atomic E-state index is 11.3. The zero-order valence-electron chi connectivity index (χ0n) is 8.74. The molecule has 0 fully saturated rings. The molecule has 2 N–H and O–H groups in total. The summed E-state index contributed by atoms with van der Waals surface area (Å²) in [5, 5.41) is 2.76. The van der Waals surface area contributed by atoms with E-state index in [0.29, 0.717) is 12.3 Å². The van der Waals surface area contributed by atoms with Crippen molar-refractivity contribution in [2.45, 2.75) is 13.0 Å². The molecule has 0 aliphatic heterocycles. The van der Waals surface area contributed by atoms with Crippen molar-refractivity contribution in [3.63, 3.8) is 0 Å². The van der Waals surface area contributed by atoms with Crippen LogP contribution in [0.5, 0.6) is 0 Å². The SMILES string of the molecule is CNCCS(=O)(=O)NC(C)CS(C)=O. The first-order chi connectivity index (χ1) is 6.37. The van der Waals surface area contributed by atoms with Gasteiger partial charge in [-0.15, -0.1) is 0 Å². The van der Waals surface area contributed by atoms with Crippen LogP contribution < -0.4 is 10.0 Å². The summed E-state index contributed by atoms with van der Waals surface area (Å²) in [6.07, 6.45) is 1.55. The monoisotopic (exact) mass is 242 g/mol. The maximum Gasteiger partial charge on any atom is 0.213 e. The Balaban J connectivity index is 4.02. The standard InChI is InChI=1S/C7H18N2O3S2/c1-7(6-13(3)10)9-14(11,12)5-4-8-2/h7-9H,4-6H2,1-3H3. The molecule has 0 saturated carbocycles. The molecule has 0 aromatic rings. The molecule has 0 aromatic carbocycles. The molecular formula is C7H18N2O3S2. The molecule has 5 nitrogen and oxygen atoms in total. The fraction of sp³-hybridized carbons (Fsp3) is 1.00. The highest BCUT2D eigenvalue weighted by atomic mass is 32.2. The van der Waals surface area contributed by atoms with E-state index in [1.54, 1.807) is 20.2 Å². The summed E-state index contributed by atoms with van der Waals surface area (Å²) in [7, 11) is -2.52. The van der Waals surface area contributed by atoms with Gasteiger partial charge in [0.05, 0.1) is 5.75 Å². The normalized spacial score (nSPS) is 16.5. The van der Waals surface area contributed by atoms with Crippen LogP contribution in [0.2, 0.25) is 0 Å². The van der Waals surface area contributed by atoms with Crippen LogP contribution in [0.4, 0.5) is 0 Å². The Bertz CT molecular complexity index is 277. The zero-order valence-corrected chi connectivity index (χ0v) is 10.4. The number of rotatable bonds is 7. The van der Waals surface area contributed by atoms with Gasteiger partial charge in [0.1, 0.15) is 0 Å². The fourth-order valence-electron chi connectivity index (χ4n) is 0.988. The van der Waals surface area contributed by atoms with Crippen molar-refractivity contribution < 1.29 is 12.6 Å². The van der Waals surface area contributed by atoms with Crippen LogP contribution in [-0.2, 0) is 20.8 Å². The minimum Gasteiger partial charge on any atom is -0.319 e. The first kappa shape index (κ1) is 14.0. The summed E-state index contributed by atoms with van der Waals surface area (Å²) in [5.74, 6) is 0.392. The van der Waals surface area contributed by atoms with Gasteiger partial charge in [-0.1, -0.05) is 0 Å². The third kappa shape index (κ3) is 7.43. The van der Waals surface area contributed by atoms with Gasteiger partial charge in [0, 0.05) is 35.4 Å². The Morgan fingerprint density at radius 3 is 2.43 bits per heavy atom. The largest absolute Gasteiger partial charge is 0.319 e. The van der Waals surface area contributed by atoms with Gasteiger partial charge in [0.25, 0.3) is 0 Å². The second kappa shape index (κ2) is 6.49. The summed E-state index contributed by atoms with van der Waals surface area (Å²) in [4.78, 5) is 0. The number of hydrogen-bond acceptors (Lipinski definition) is 4. The predicted octanol–water partition coefficient (Wildman–Crippen LogP) is -1.11. The minimum atomic E-state index is -3.24. The van der Waals surface area contributed by atoms with Crippen LogP contribution in [0, 0.1) is 0 Å². The highest BCUT2D eigenvalue weighted by molar-refractivity contribution is 7.89. The van der Waals surface area contributed by atoms with Crippen molar-refractivity contribution in [1.29, 1.82) is 0 Å². The maximum atomic E-state index is 11.3. The predicted molar refractivity (Wildman–Crippen MR) is 59.2 cm³/mol. The van der Waals surface area contributed by atoms with Gasteiger partial charge in [-0.05, 0) is 14.0 Å². The molecule has 0 amide bonds. The molecule has 7 heteroatoms. The second-order valence-corrected chi connectivity index (χ2v) is 6.53. The molecule has 14 heavy (non-hydrogen) atoms. The minimum absolute atomic E-state index is 0.0458. The Hall–Kier alpha value is 0.0200. The van der Waals surface area contributed by atoms with E-state index in [2.05, 4.69) is 10.0 Å². The van der Waals surface area contributed by atoms with Gasteiger partial charge in [0.15, 0.2) is 0 Å². The molecule has 0 saturated heterocycles. The molecular weight excluding hydrogens is 224 g/mol. The average Bonchev–Trinajstić information content (AvgIpc) is 1.98. The molecule has 0 aliphatic rings. The zero-order chi connectivity index (χ0) is 11.2. The van der Waals surface area contributed by atoms with Crippen molar-refractivity contribution in [3.05, 3.63) is 0 Å². The highest BCUT2D eigenvalue weighted by Crippen LogP contribution is 1.91. The molecule has 2 atom stereocenters. The molecule has 0 aliphatic carbocycles. The third-order valence-corrected chi connectivity index (χ3v) is 3.96. The van der Waals surface area contributed by atoms with Crippen molar-refractivity contribution in [2.24, 2.45) is 0 Å². The van der Waals surface area contributed by atoms with Gasteiger partial charge in [-0.2, -0.15) is 0 Å². The Kier molecular flexibility index (Phi) is 6.50. The summed E-state index contributed by atoms with van der Waals surface area (Å²) in [6, 6.07) is -0.275. The second-order valence-electron chi connectivity index (χ2n) is 3.18. The van der Waals surface area contributed by atoms with Gasteiger partial charge in [-0.3, -0.25) is 4.21 Å². The molecule has 0 bridgehead atoms. The number of sulfonamides is 1. The van der Waals surface area contributed by atoms with E-state index in [-0.39, 0.29) is 11.8 Å². The van der Waals surface area contributed by atoms with E-state index in [4.69, 9.17) is 0 Å². The summed E-state index contributed by atoms with van der Waals surface area (Å²) >= 11 is 0. The van der Waals surface area contributed by atoms with Crippen LogP contribution in [0.1, 0.15) is 6.92 Å². The van der Waals surface area contributed by atoms with Crippen LogP contribution in [0.3, 0.4) is 0 Å². The Labute approximate surface area is 88.2 Å². The van der Waals surface area contributed by atoms with Crippen molar-refractivity contribution in [2.75, 3.05) is 31.4 Å². The Morgan fingerprint density at radius 2 is 2.00 bits per heavy atom. The van der Waals surface area contributed by atoms with E-state index < -0.39 is 20.8 Å². The topological polar surface area (TPSA) is 75.3 Å². The molecule has 0 rings (SSSR count). The quantitative estimate of drug-likeness (QED) is 0.594.